The maximum atomic E-state index is 15.4. The van der Waals surface area contributed by atoms with Crippen molar-refractivity contribution in [2.45, 2.75) is 95.7 Å². The van der Waals surface area contributed by atoms with Crippen LogP contribution in [0.3, 0.4) is 0 Å². The van der Waals surface area contributed by atoms with Crippen molar-refractivity contribution in [2.24, 2.45) is 57.3 Å². The summed E-state index contributed by atoms with van der Waals surface area (Å²) in [6.07, 6.45) is 13.6. The molecule has 0 spiro atoms. The molecule has 2 aromatic carbocycles. The zero-order valence-electron chi connectivity index (χ0n) is 37.7. The molecule has 8 unspecified atom stereocenters. The Morgan fingerprint density at radius 3 is 1.48 bits per heavy atom. The van der Waals surface area contributed by atoms with E-state index in [0.717, 1.165) is 74.9 Å². The Bertz CT molecular complexity index is 3160. The van der Waals surface area contributed by atoms with E-state index in [0.29, 0.717) is 67.8 Å². The number of rotatable bonds is 8. The number of carbonyl (C=O) groups excluding carboxylic acids is 6. The SMILES string of the molecule is O=C1C(=NC2=Cc3sc4c(sc5c6sc(N=C7C(=O)C8CC9CCCCC9CC8C7=O)cc6sc45)c3C2(C(=O)OCc2ccccc2)C(=O)OCc2ccccc2)C(=O)C2CC3CCCCC3CC12. The number of hydrogen-bond acceptors (Lipinski definition) is 14. The Hall–Kier alpha value is -5.28. The van der Waals surface area contributed by atoms with Gasteiger partial charge in [0.2, 0.25) is 5.41 Å². The van der Waals surface area contributed by atoms with Gasteiger partial charge in [-0.15, -0.1) is 45.3 Å². The Balaban J connectivity index is 0.918. The third kappa shape index (κ3) is 6.93. The fraction of sp³-hybridized carbons (Fsp3) is 0.418. The van der Waals surface area contributed by atoms with Crippen LogP contribution in [0, 0.1) is 47.3 Å². The zero-order chi connectivity index (χ0) is 46.7. The van der Waals surface area contributed by atoms with Crippen LogP contribution in [0.15, 0.2) is 82.4 Å². The first-order chi connectivity index (χ1) is 33.6. The molecule has 6 aromatic rings. The first-order valence-corrected chi connectivity index (χ1v) is 27.8. The monoisotopic (exact) mass is 992 g/mol. The topological polar surface area (TPSA) is 146 Å². The lowest BCUT2D eigenvalue weighted by atomic mass is 9.64. The molecule has 4 heterocycles. The fourth-order valence-corrected chi connectivity index (χ4v) is 19.2. The standard InChI is InChI=1S/C55H48N2O8S4/c58-44-33-19-29-15-7-8-16-30(29)20-34(33)45(59)42(44)56-39-23-37-41(55(39,53(62)64-25-27-11-3-1-4-12-27)54(63)65-26-28-13-5-2-6-14-28)49-51(66-37)52-50(69-49)48-38(67-52)24-40(68-48)57-43-46(60)35-21-31-17-9-10-18-32(31)22-36(35)47(43)61/h1-6,11-14,23-24,29-36H,7-10,15-22,25-26H2. The van der Waals surface area contributed by atoms with Crippen LogP contribution >= 0.6 is 45.3 Å². The minimum absolute atomic E-state index is 0.0450. The van der Waals surface area contributed by atoms with Crippen molar-refractivity contribution in [3.05, 3.63) is 94.0 Å². The molecular weight excluding hydrogens is 945 g/mol. The highest BCUT2D eigenvalue weighted by atomic mass is 32.1. The summed E-state index contributed by atoms with van der Waals surface area (Å²) >= 11 is 5.89. The van der Waals surface area contributed by atoms with E-state index >= 15 is 9.59 Å². The Labute approximate surface area is 413 Å². The molecule has 4 aromatic heterocycles. The molecule has 8 atom stereocenters. The van der Waals surface area contributed by atoms with Crippen LogP contribution < -0.4 is 0 Å². The third-order valence-corrected chi connectivity index (χ3v) is 22.0. The largest absolute Gasteiger partial charge is 0.459 e. The highest BCUT2D eigenvalue weighted by Crippen LogP contribution is 2.59. The van der Waals surface area contributed by atoms with Crippen molar-refractivity contribution in [2.75, 3.05) is 0 Å². The number of fused-ring (bicyclic) bond motifs is 11. The van der Waals surface area contributed by atoms with E-state index in [1.165, 1.54) is 46.9 Å². The number of ketones is 4. The molecule has 6 saturated carbocycles. The highest BCUT2D eigenvalue weighted by Gasteiger charge is 2.61. The summed E-state index contributed by atoms with van der Waals surface area (Å²) in [7, 11) is 0. The number of hydrogen-bond donors (Lipinski definition) is 0. The second-order valence-corrected chi connectivity index (χ2v) is 24.6. The maximum absolute atomic E-state index is 15.4. The van der Waals surface area contributed by atoms with E-state index in [1.54, 1.807) is 17.4 Å². The van der Waals surface area contributed by atoms with E-state index < -0.39 is 29.2 Å². The van der Waals surface area contributed by atoms with E-state index in [1.807, 2.05) is 66.7 Å². The molecule has 0 N–H and O–H groups in total. The highest BCUT2D eigenvalue weighted by molar-refractivity contribution is 7.45. The lowest BCUT2D eigenvalue weighted by Crippen LogP contribution is -2.46. The average molecular weight is 993 g/mol. The number of esters is 2. The van der Waals surface area contributed by atoms with E-state index in [2.05, 4.69) is 0 Å². The summed E-state index contributed by atoms with van der Waals surface area (Å²) in [4.78, 5) is 97.6. The summed E-state index contributed by atoms with van der Waals surface area (Å²) in [5.41, 5.74) is -0.628. The van der Waals surface area contributed by atoms with Gasteiger partial charge < -0.3 is 9.47 Å². The molecule has 13 rings (SSSR count). The van der Waals surface area contributed by atoms with Crippen molar-refractivity contribution < 1.29 is 38.2 Å². The number of Topliss-reactive ketones (excluding diaryl/α,β-unsaturated/α-hetero) is 4. The number of nitrogens with zero attached hydrogens (tertiary/aromatic N) is 2. The maximum Gasteiger partial charge on any atom is 0.334 e. The van der Waals surface area contributed by atoms with Gasteiger partial charge >= 0.3 is 11.9 Å². The fourth-order valence-electron chi connectivity index (χ4n) is 13.4. The number of carbonyl (C=O) groups is 6. The first kappa shape index (κ1) is 43.7. The van der Waals surface area contributed by atoms with Gasteiger partial charge in [0.25, 0.3) is 0 Å². The van der Waals surface area contributed by atoms with Gasteiger partial charge in [0.1, 0.15) is 23.9 Å². The summed E-state index contributed by atoms with van der Waals surface area (Å²) < 4.78 is 17.7. The van der Waals surface area contributed by atoms with Gasteiger partial charge in [-0.05, 0) is 72.6 Å². The number of benzene rings is 2. The molecule has 350 valence electrons. The van der Waals surface area contributed by atoms with Crippen molar-refractivity contribution in [3.8, 4) is 0 Å². The van der Waals surface area contributed by atoms with E-state index in [9.17, 15) is 19.2 Å². The first-order valence-electron chi connectivity index (χ1n) is 24.6. The lowest BCUT2D eigenvalue weighted by Gasteiger charge is -2.39. The van der Waals surface area contributed by atoms with Crippen molar-refractivity contribution in [1.29, 1.82) is 0 Å². The number of thiophene rings is 4. The van der Waals surface area contributed by atoms with Crippen molar-refractivity contribution in [1.82, 2.24) is 0 Å². The smallest absolute Gasteiger partial charge is 0.334 e. The van der Waals surface area contributed by atoms with Gasteiger partial charge in [0, 0.05) is 38.8 Å². The van der Waals surface area contributed by atoms with Gasteiger partial charge in [0.15, 0.2) is 28.8 Å². The van der Waals surface area contributed by atoms with Crippen LogP contribution in [0.5, 0.6) is 0 Å². The number of aliphatic imine (C=N–C) groups is 2. The Kier molecular flexibility index (Phi) is 10.7. The van der Waals surface area contributed by atoms with Gasteiger partial charge in [-0.2, -0.15) is 0 Å². The van der Waals surface area contributed by atoms with Gasteiger partial charge in [0.05, 0.1) is 29.2 Å². The van der Waals surface area contributed by atoms with Crippen LogP contribution in [0.2, 0.25) is 0 Å². The van der Waals surface area contributed by atoms with E-state index in [-0.39, 0.29) is 65.3 Å². The minimum atomic E-state index is -2.28. The van der Waals surface area contributed by atoms with Crippen LogP contribution in [0.25, 0.3) is 34.3 Å². The molecule has 7 aliphatic rings. The van der Waals surface area contributed by atoms with E-state index in [4.69, 9.17) is 19.5 Å². The molecule has 14 heteroatoms. The molecular formula is C55H48N2O8S4. The summed E-state index contributed by atoms with van der Waals surface area (Å²) in [5, 5.41) is 0.599. The average Bonchev–Trinajstić information content (AvgIpc) is 4.23. The predicted octanol–water partition coefficient (Wildman–Crippen LogP) is 12.0. The summed E-state index contributed by atoms with van der Waals surface area (Å²) in [5.74, 6) is -2.28. The number of ether oxygens (including phenoxy) is 2. The molecule has 69 heavy (non-hydrogen) atoms. The van der Waals surface area contributed by atoms with Crippen LogP contribution in [0.4, 0.5) is 5.00 Å². The van der Waals surface area contributed by atoms with Gasteiger partial charge in [-0.3, -0.25) is 28.8 Å². The third-order valence-electron chi connectivity index (χ3n) is 16.7. The molecule has 6 fully saturated rings. The Morgan fingerprint density at radius 2 is 0.986 bits per heavy atom. The molecule has 10 nitrogen and oxygen atoms in total. The summed E-state index contributed by atoms with van der Waals surface area (Å²) in [6, 6.07) is 20.4. The second kappa shape index (κ2) is 17.0. The lowest BCUT2D eigenvalue weighted by molar-refractivity contribution is -0.164. The molecule has 7 aliphatic carbocycles. The minimum Gasteiger partial charge on any atom is -0.459 e. The molecule has 0 aliphatic heterocycles. The van der Waals surface area contributed by atoms with Crippen LogP contribution in [-0.2, 0) is 56.9 Å². The molecule has 0 radical (unpaired) electrons. The van der Waals surface area contributed by atoms with Gasteiger partial charge in [-0.1, -0.05) is 112 Å². The second-order valence-electron chi connectivity index (χ2n) is 20.4. The van der Waals surface area contributed by atoms with Crippen LogP contribution in [0.1, 0.15) is 98.6 Å². The summed E-state index contributed by atoms with van der Waals surface area (Å²) in [6.45, 7) is -0.280. The molecule has 0 amide bonds. The quantitative estimate of drug-likeness (QED) is 0.108. The predicted molar refractivity (Wildman–Crippen MR) is 270 cm³/mol. The van der Waals surface area contributed by atoms with Crippen molar-refractivity contribution >= 4 is 131 Å². The van der Waals surface area contributed by atoms with Crippen LogP contribution in [-0.4, -0.2) is 46.5 Å². The van der Waals surface area contributed by atoms with Gasteiger partial charge in [-0.25, -0.2) is 9.98 Å². The Morgan fingerprint density at radius 1 is 0.536 bits per heavy atom. The molecule has 0 saturated heterocycles. The van der Waals surface area contributed by atoms with Crippen molar-refractivity contribution in [3.63, 3.8) is 0 Å². The normalized spacial score (nSPS) is 28.1. The molecule has 0 bridgehead atoms. The zero-order valence-corrected chi connectivity index (χ0v) is 41.0.